The summed E-state index contributed by atoms with van der Waals surface area (Å²) < 4.78 is 1.29. The summed E-state index contributed by atoms with van der Waals surface area (Å²) in [5, 5.41) is 32.1. The molecule has 0 fully saturated rings. The van der Waals surface area contributed by atoms with Crippen LogP contribution in [0.2, 0.25) is 0 Å². The first-order valence-electron chi connectivity index (χ1n) is 4.59. The van der Waals surface area contributed by atoms with E-state index in [2.05, 4.69) is 10.1 Å². The van der Waals surface area contributed by atoms with Gasteiger partial charge in [0.2, 0.25) is 0 Å². The smallest absolute Gasteiger partial charge is 0.423 e. The van der Waals surface area contributed by atoms with E-state index >= 15 is 0 Å². The molecule has 9 heteroatoms. The highest BCUT2D eigenvalue weighted by atomic mass is 16.6. The van der Waals surface area contributed by atoms with Crippen molar-refractivity contribution in [3.8, 4) is 5.82 Å². The Bertz CT molecular complexity index is 539. The van der Waals surface area contributed by atoms with Gasteiger partial charge in [-0.15, -0.1) is 0 Å². The second kappa shape index (κ2) is 4.32. The molecule has 0 aliphatic rings. The first kappa shape index (κ1) is 11.2. The SMILES string of the molecule is O=[N+]([O-])c1ccc(-n2cc(B(O)O)cn2)nc1. The van der Waals surface area contributed by atoms with Crippen LogP contribution in [0.1, 0.15) is 0 Å². The molecule has 0 unspecified atom stereocenters. The summed E-state index contributed by atoms with van der Waals surface area (Å²) in [5.74, 6) is 0.350. The normalized spacial score (nSPS) is 10.2. The highest BCUT2D eigenvalue weighted by Gasteiger charge is 2.14. The van der Waals surface area contributed by atoms with E-state index in [0.717, 1.165) is 6.20 Å². The molecule has 86 valence electrons. The molecule has 0 amide bonds. The fourth-order valence-corrected chi connectivity index (χ4v) is 1.22. The maximum atomic E-state index is 10.4. The number of hydrogen-bond acceptors (Lipinski definition) is 6. The van der Waals surface area contributed by atoms with E-state index in [1.807, 2.05) is 0 Å². The fourth-order valence-electron chi connectivity index (χ4n) is 1.22. The molecule has 2 heterocycles. The lowest BCUT2D eigenvalue weighted by Crippen LogP contribution is -2.28. The van der Waals surface area contributed by atoms with Gasteiger partial charge in [0, 0.05) is 23.9 Å². The quantitative estimate of drug-likeness (QED) is 0.394. The monoisotopic (exact) mass is 234 g/mol. The summed E-state index contributed by atoms with van der Waals surface area (Å²) in [5.41, 5.74) is 0.0912. The maximum absolute atomic E-state index is 10.4. The zero-order chi connectivity index (χ0) is 12.4. The number of nitrogens with zero attached hydrogens (tertiary/aromatic N) is 4. The Kier molecular flexibility index (Phi) is 2.85. The molecular formula is C8H7BN4O4. The lowest BCUT2D eigenvalue weighted by Gasteiger charge is -1.98. The minimum absolute atomic E-state index is 0.122. The summed E-state index contributed by atoms with van der Waals surface area (Å²) >= 11 is 0. The van der Waals surface area contributed by atoms with Gasteiger partial charge in [0.1, 0.15) is 6.20 Å². The van der Waals surface area contributed by atoms with E-state index in [0.29, 0.717) is 5.82 Å². The van der Waals surface area contributed by atoms with Gasteiger partial charge < -0.3 is 10.0 Å². The lowest BCUT2D eigenvalue weighted by molar-refractivity contribution is -0.385. The molecule has 2 aromatic rings. The van der Waals surface area contributed by atoms with Gasteiger partial charge in [0.15, 0.2) is 5.82 Å². The minimum Gasteiger partial charge on any atom is -0.423 e. The average Bonchev–Trinajstić information content (AvgIpc) is 2.78. The number of rotatable bonds is 3. The van der Waals surface area contributed by atoms with Crippen LogP contribution >= 0.6 is 0 Å². The van der Waals surface area contributed by atoms with Gasteiger partial charge in [-0.25, -0.2) is 9.67 Å². The third-order valence-electron chi connectivity index (χ3n) is 2.08. The molecule has 0 aliphatic carbocycles. The summed E-state index contributed by atoms with van der Waals surface area (Å²) in [7, 11) is -1.61. The molecule has 0 saturated heterocycles. The second-order valence-corrected chi connectivity index (χ2v) is 3.22. The van der Waals surface area contributed by atoms with E-state index in [1.54, 1.807) is 0 Å². The van der Waals surface area contributed by atoms with Crippen molar-refractivity contribution >= 4 is 18.3 Å². The van der Waals surface area contributed by atoms with Crippen LogP contribution in [0.3, 0.4) is 0 Å². The van der Waals surface area contributed by atoms with Crippen molar-refractivity contribution in [2.75, 3.05) is 0 Å². The van der Waals surface area contributed by atoms with Crippen molar-refractivity contribution < 1.29 is 15.0 Å². The van der Waals surface area contributed by atoms with Crippen molar-refractivity contribution in [3.63, 3.8) is 0 Å². The molecule has 0 saturated carbocycles. The van der Waals surface area contributed by atoms with Crippen LogP contribution in [0.5, 0.6) is 0 Å². The first-order chi connectivity index (χ1) is 8.08. The van der Waals surface area contributed by atoms with Crippen molar-refractivity contribution in [1.29, 1.82) is 0 Å². The van der Waals surface area contributed by atoms with Crippen LogP contribution in [-0.2, 0) is 0 Å². The third-order valence-corrected chi connectivity index (χ3v) is 2.08. The predicted molar refractivity (Wildman–Crippen MR) is 57.8 cm³/mol. The van der Waals surface area contributed by atoms with E-state index in [-0.39, 0.29) is 11.2 Å². The summed E-state index contributed by atoms with van der Waals surface area (Å²) in [6, 6.07) is 2.71. The van der Waals surface area contributed by atoms with Crippen LogP contribution < -0.4 is 5.46 Å². The molecule has 17 heavy (non-hydrogen) atoms. The Morgan fingerprint density at radius 2 is 2.12 bits per heavy atom. The zero-order valence-electron chi connectivity index (χ0n) is 8.46. The average molecular weight is 234 g/mol. The van der Waals surface area contributed by atoms with Crippen LogP contribution in [-0.4, -0.2) is 36.9 Å². The van der Waals surface area contributed by atoms with Crippen molar-refractivity contribution in [1.82, 2.24) is 14.8 Å². The van der Waals surface area contributed by atoms with Gasteiger partial charge in [0.25, 0.3) is 5.69 Å². The Balaban J connectivity index is 2.30. The van der Waals surface area contributed by atoms with Crippen LogP contribution in [0.25, 0.3) is 5.82 Å². The molecule has 2 N–H and O–H groups in total. The van der Waals surface area contributed by atoms with Crippen LogP contribution in [0.15, 0.2) is 30.7 Å². The minimum atomic E-state index is -1.61. The zero-order valence-corrected chi connectivity index (χ0v) is 8.46. The molecule has 2 rings (SSSR count). The molecule has 0 atom stereocenters. The third kappa shape index (κ3) is 2.29. The highest BCUT2D eigenvalue weighted by molar-refractivity contribution is 6.58. The topological polar surface area (TPSA) is 114 Å². The van der Waals surface area contributed by atoms with E-state index in [9.17, 15) is 10.1 Å². The van der Waals surface area contributed by atoms with Gasteiger partial charge in [-0.1, -0.05) is 0 Å². The Morgan fingerprint density at radius 1 is 1.35 bits per heavy atom. The maximum Gasteiger partial charge on any atom is 0.491 e. The van der Waals surface area contributed by atoms with Crippen LogP contribution in [0.4, 0.5) is 5.69 Å². The first-order valence-corrected chi connectivity index (χ1v) is 4.59. The van der Waals surface area contributed by atoms with E-state index in [4.69, 9.17) is 10.0 Å². The highest BCUT2D eigenvalue weighted by Crippen LogP contribution is 2.10. The largest absolute Gasteiger partial charge is 0.491 e. The number of nitro groups is 1. The Hall–Kier alpha value is -2.26. The molecule has 0 bridgehead atoms. The number of pyridine rings is 1. The molecule has 0 radical (unpaired) electrons. The Labute approximate surface area is 95.4 Å². The Morgan fingerprint density at radius 3 is 2.59 bits per heavy atom. The van der Waals surface area contributed by atoms with Gasteiger partial charge in [0.05, 0.1) is 4.92 Å². The number of hydrogen-bond donors (Lipinski definition) is 2. The molecule has 0 aliphatic heterocycles. The predicted octanol–water partition coefficient (Wildman–Crippen LogP) is -1.14. The summed E-state index contributed by atoms with van der Waals surface area (Å²) in [6.45, 7) is 0. The standard InChI is InChI=1S/C8H7BN4O4/c14-9(15)6-3-11-12(5-6)8-2-1-7(4-10-8)13(16)17/h1-5,14-15H. The van der Waals surface area contributed by atoms with Gasteiger partial charge >= 0.3 is 7.12 Å². The van der Waals surface area contributed by atoms with Crippen molar-refractivity contribution in [3.05, 3.63) is 40.8 Å². The van der Waals surface area contributed by atoms with Crippen molar-refractivity contribution in [2.45, 2.75) is 0 Å². The van der Waals surface area contributed by atoms with Crippen molar-refractivity contribution in [2.24, 2.45) is 0 Å². The summed E-state index contributed by atoms with van der Waals surface area (Å²) in [4.78, 5) is 13.7. The van der Waals surface area contributed by atoms with E-state index in [1.165, 1.54) is 29.2 Å². The number of aromatic nitrogens is 3. The molecular weight excluding hydrogens is 227 g/mol. The van der Waals surface area contributed by atoms with Gasteiger partial charge in [-0.05, 0) is 6.07 Å². The molecule has 0 aromatic carbocycles. The lowest BCUT2D eigenvalue weighted by atomic mass is 9.83. The van der Waals surface area contributed by atoms with E-state index < -0.39 is 12.0 Å². The van der Waals surface area contributed by atoms with Crippen LogP contribution in [0, 0.1) is 10.1 Å². The fraction of sp³-hybridized carbons (Fsp3) is 0. The second-order valence-electron chi connectivity index (χ2n) is 3.22. The summed E-state index contributed by atoms with van der Waals surface area (Å²) in [6.07, 6.45) is 3.75. The molecule has 2 aromatic heterocycles. The van der Waals surface area contributed by atoms with Gasteiger partial charge in [-0.2, -0.15) is 5.10 Å². The molecule has 8 nitrogen and oxygen atoms in total. The molecule has 0 spiro atoms. The van der Waals surface area contributed by atoms with Gasteiger partial charge in [-0.3, -0.25) is 10.1 Å².